The number of hydrogen-bond acceptors (Lipinski definition) is 4. The zero-order chi connectivity index (χ0) is 12.1. The number of nitrogens with one attached hydrogen (secondary N) is 1. The van der Waals surface area contributed by atoms with Crippen LogP contribution in [0.4, 0.5) is 5.82 Å². The average molecular weight is 245 g/mol. The predicted molar refractivity (Wildman–Crippen MR) is 72.3 cm³/mol. The minimum absolute atomic E-state index is 0.792. The lowest BCUT2D eigenvalue weighted by molar-refractivity contribution is 1.03. The molecule has 2 aromatic rings. The molecule has 0 atom stereocenters. The van der Waals surface area contributed by atoms with E-state index in [4.69, 9.17) is 0 Å². The molecule has 0 saturated carbocycles. The summed E-state index contributed by atoms with van der Waals surface area (Å²) < 4.78 is 0. The van der Waals surface area contributed by atoms with Gasteiger partial charge in [-0.3, -0.25) is 0 Å². The van der Waals surface area contributed by atoms with Crippen LogP contribution in [-0.2, 0) is 5.75 Å². The quantitative estimate of drug-likeness (QED) is 0.840. The van der Waals surface area contributed by atoms with Crippen LogP contribution in [0.2, 0.25) is 0 Å². The Hall–Kier alpha value is -1.55. The summed E-state index contributed by atoms with van der Waals surface area (Å²) in [7, 11) is 1.86. The van der Waals surface area contributed by atoms with Crippen LogP contribution in [-0.4, -0.2) is 17.0 Å². The number of aromatic nitrogens is 2. The van der Waals surface area contributed by atoms with Crippen LogP contribution < -0.4 is 5.32 Å². The molecule has 1 aromatic carbocycles. The Morgan fingerprint density at radius 3 is 2.82 bits per heavy atom. The maximum absolute atomic E-state index is 4.39. The molecule has 0 fully saturated rings. The fraction of sp³-hybridized carbons (Fsp3) is 0.231. The maximum Gasteiger partial charge on any atom is 0.140 e. The molecule has 0 aliphatic heterocycles. The molecule has 0 aliphatic rings. The van der Waals surface area contributed by atoms with Crippen molar-refractivity contribution in [3.8, 4) is 0 Å². The Bertz CT molecular complexity index is 500. The number of aryl methyl sites for hydroxylation is 1. The summed E-state index contributed by atoms with van der Waals surface area (Å²) in [6.07, 6.45) is 1.78. The molecule has 1 N–H and O–H groups in total. The van der Waals surface area contributed by atoms with Crippen molar-refractivity contribution >= 4 is 17.6 Å². The maximum atomic E-state index is 4.39. The van der Waals surface area contributed by atoms with Gasteiger partial charge in [-0.1, -0.05) is 18.2 Å². The van der Waals surface area contributed by atoms with Gasteiger partial charge in [-0.05, 0) is 24.6 Å². The summed E-state index contributed by atoms with van der Waals surface area (Å²) in [6.45, 7) is 2.12. The smallest absolute Gasteiger partial charge is 0.140 e. The molecular formula is C13H15N3S. The number of anilines is 1. The molecule has 0 saturated heterocycles. The number of benzene rings is 1. The van der Waals surface area contributed by atoms with E-state index in [1.165, 1.54) is 10.5 Å². The van der Waals surface area contributed by atoms with Crippen LogP contribution >= 0.6 is 11.8 Å². The fourth-order valence-electron chi connectivity index (χ4n) is 1.47. The first kappa shape index (κ1) is 11.9. The predicted octanol–water partition coefficient (Wildman–Crippen LogP) is 3.12. The average Bonchev–Trinajstić information content (AvgIpc) is 2.38. The number of rotatable bonds is 4. The van der Waals surface area contributed by atoms with Gasteiger partial charge >= 0.3 is 0 Å². The second kappa shape index (κ2) is 5.68. The highest BCUT2D eigenvalue weighted by Gasteiger charge is 2.02. The highest BCUT2D eigenvalue weighted by molar-refractivity contribution is 7.98. The molecular weight excluding hydrogens is 230 g/mol. The van der Waals surface area contributed by atoms with Crippen LogP contribution in [0.3, 0.4) is 0 Å². The Morgan fingerprint density at radius 1 is 1.24 bits per heavy atom. The van der Waals surface area contributed by atoms with Crippen LogP contribution in [0.25, 0.3) is 0 Å². The van der Waals surface area contributed by atoms with Crippen molar-refractivity contribution in [1.82, 2.24) is 9.97 Å². The Kier molecular flexibility index (Phi) is 3.98. The summed E-state index contributed by atoms with van der Waals surface area (Å²) in [4.78, 5) is 9.94. The standard InChI is InChI=1S/C13H15N3S/c1-10-5-3-4-6-11(10)17-9-13-15-8-7-12(14-2)16-13/h3-8H,9H2,1-2H3,(H,14,15,16). The van der Waals surface area contributed by atoms with Crippen molar-refractivity contribution in [2.45, 2.75) is 17.6 Å². The van der Waals surface area contributed by atoms with Crippen molar-refractivity contribution < 1.29 is 0 Å². The van der Waals surface area contributed by atoms with E-state index >= 15 is 0 Å². The van der Waals surface area contributed by atoms with E-state index in [9.17, 15) is 0 Å². The molecule has 3 nitrogen and oxygen atoms in total. The van der Waals surface area contributed by atoms with E-state index in [0.717, 1.165) is 17.4 Å². The molecule has 0 unspecified atom stereocenters. The van der Waals surface area contributed by atoms with Gasteiger partial charge in [-0.2, -0.15) is 0 Å². The Morgan fingerprint density at radius 2 is 2.06 bits per heavy atom. The van der Waals surface area contributed by atoms with Gasteiger partial charge in [0.05, 0.1) is 5.75 Å². The summed E-state index contributed by atoms with van der Waals surface area (Å²) >= 11 is 1.77. The number of thioether (sulfide) groups is 1. The van der Waals surface area contributed by atoms with Crippen LogP contribution in [0.15, 0.2) is 41.4 Å². The minimum atomic E-state index is 0.792. The molecule has 0 amide bonds. The van der Waals surface area contributed by atoms with Gasteiger partial charge in [0, 0.05) is 18.1 Å². The van der Waals surface area contributed by atoms with E-state index in [1.54, 1.807) is 18.0 Å². The zero-order valence-corrected chi connectivity index (χ0v) is 10.8. The normalized spacial score (nSPS) is 10.2. The molecule has 0 radical (unpaired) electrons. The van der Waals surface area contributed by atoms with E-state index in [0.29, 0.717) is 0 Å². The highest BCUT2D eigenvalue weighted by atomic mass is 32.2. The molecule has 17 heavy (non-hydrogen) atoms. The zero-order valence-electron chi connectivity index (χ0n) is 9.97. The minimum Gasteiger partial charge on any atom is -0.373 e. The third-order valence-corrected chi connectivity index (χ3v) is 3.58. The first-order chi connectivity index (χ1) is 8.29. The number of hydrogen-bond donors (Lipinski definition) is 1. The van der Waals surface area contributed by atoms with Crippen molar-refractivity contribution in [3.05, 3.63) is 47.9 Å². The summed E-state index contributed by atoms with van der Waals surface area (Å²) in [5.41, 5.74) is 1.29. The van der Waals surface area contributed by atoms with Crippen molar-refractivity contribution in [2.75, 3.05) is 12.4 Å². The van der Waals surface area contributed by atoms with Crippen molar-refractivity contribution in [2.24, 2.45) is 0 Å². The highest BCUT2D eigenvalue weighted by Crippen LogP contribution is 2.24. The second-order valence-corrected chi connectivity index (χ2v) is 4.68. The van der Waals surface area contributed by atoms with Crippen LogP contribution in [0.5, 0.6) is 0 Å². The molecule has 0 spiro atoms. The third kappa shape index (κ3) is 3.20. The van der Waals surface area contributed by atoms with Gasteiger partial charge < -0.3 is 5.32 Å². The van der Waals surface area contributed by atoms with E-state index < -0.39 is 0 Å². The van der Waals surface area contributed by atoms with Crippen LogP contribution in [0, 0.1) is 6.92 Å². The van der Waals surface area contributed by atoms with Crippen molar-refractivity contribution in [1.29, 1.82) is 0 Å². The molecule has 4 heteroatoms. The first-order valence-electron chi connectivity index (χ1n) is 5.47. The summed E-state index contributed by atoms with van der Waals surface area (Å²) in [6, 6.07) is 10.2. The van der Waals surface area contributed by atoms with Crippen LogP contribution in [0.1, 0.15) is 11.4 Å². The largest absolute Gasteiger partial charge is 0.373 e. The van der Waals surface area contributed by atoms with E-state index in [-0.39, 0.29) is 0 Å². The number of nitrogens with zero attached hydrogens (tertiary/aromatic N) is 2. The van der Waals surface area contributed by atoms with Gasteiger partial charge in [0.1, 0.15) is 11.6 Å². The van der Waals surface area contributed by atoms with E-state index in [1.807, 2.05) is 13.1 Å². The summed E-state index contributed by atoms with van der Waals surface area (Å²) in [5, 5.41) is 3.02. The monoisotopic (exact) mass is 245 g/mol. The van der Waals surface area contributed by atoms with Gasteiger partial charge in [0.15, 0.2) is 0 Å². The van der Waals surface area contributed by atoms with Gasteiger partial charge in [0.25, 0.3) is 0 Å². The van der Waals surface area contributed by atoms with E-state index in [2.05, 4.69) is 46.5 Å². The van der Waals surface area contributed by atoms with Crippen molar-refractivity contribution in [3.63, 3.8) is 0 Å². The van der Waals surface area contributed by atoms with Gasteiger partial charge in [0.2, 0.25) is 0 Å². The van der Waals surface area contributed by atoms with Gasteiger partial charge in [-0.25, -0.2) is 9.97 Å². The molecule has 0 bridgehead atoms. The Labute approximate surface area is 106 Å². The molecule has 88 valence electrons. The summed E-state index contributed by atoms with van der Waals surface area (Å²) in [5.74, 6) is 2.51. The Balaban J connectivity index is 2.05. The lowest BCUT2D eigenvalue weighted by Gasteiger charge is -2.05. The SMILES string of the molecule is CNc1ccnc(CSc2ccccc2C)n1. The fourth-order valence-corrected chi connectivity index (χ4v) is 2.36. The lowest BCUT2D eigenvalue weighted by atomic mass is 10.2. The third-order valence-electron chi connectivity index (χ3n) is 2.41. The first-order valence-corrected chi connectivity index (χ1v) is 6.46. The lowest BCUT2D eigenvalue weighted by Crippen LogP contribution is -1.97. The van der Waals surface area contributed by atoms with Gasteiger partial charge in [-0.15, -0.1) is 11.8 Å². The molecule has 1 aromatic heterocycles. The molecule has 2 rings (SSSR count). The second-order valence-electron chi connectivity index (χ2n) is 3.66. The molecule has 1 heterocycles. The molecule has 0 aliphatic carbocycles. The topological polar surface area (TPSA) is 37.8 Å².